The molecule has 0 bridgehead atoms. The van der Waals surface area contributed by atoms with Gasteiger partial charge in [0, 0.05) is 19.5 Å². The number of aromatic carboxylic acids is 1. The average Bonchev–Trinajstić information content (AvgIpc) is 2.45. The number of rotatable bonds is 2. The Hall–Kier alpha value is -1.10. The largest absolute Gasteiger partial charge is 0.477 e. The van der Waals surface area contributed by atoms with Crippen LogP contribution in [-0.4, -0.2) is 30.2 Å². The van der Waals surface area contributed by atoms with Crippen LogP contribution in [0, 0.1) is 0 Å². The van der Waals surface area contributed by atoms with E-state index in [0.29, 0.717) is 10.6 Å². The lowest BCUT2D eigenvalue weighted by Crippen LogP contribution is -2.16. The predicted octanol–water partition coefficient (Wildman–Crippen LogP) is 2.20. The summed E-state index contributed by atoms with van der Waals surface area (Å²) in [6, 6.07) is 0. The van der Waals surface area contributed by atoms with Gasteiger partial charge in [-0.25, -0.2) is 9.78 Å². The van der Waals surface area contributed by atoms with E-state index in [9.17, 15) is 4.79 Å². The summed E-state index contributed by atoms with van der Waals surface area (Å²) in [5.74, 6) is -0.898. The van der Waals surface area contributed by atoms with Crippen LogP contribution >= 0.6 is 11.3 Å². The summed E-state index contributed by atoms with van der Waals surface area (Å²) >= 11 is 1.22. The summed E-state index contributed by atoms with van der Waals surface area (Å²) in [6.45, 7) is 5.90. The van der Waals surface area contributed by atoms with Gasteiger partial charge in [0.25, 0.3) is 0 Å². The van der Waals surface area contributed by atoms with Gasteiger partial charge in [0.1, 0.15) is 4.88 Å². The highest BCUT2D eigenvalue weighted by molar-refractivity contribution is 7.17. The molecule has 1 aromatic heterocycles. The second kappa shape index (κ2) is 3.81. The summed E-state index contributed by atoms with van der Waals surface area (Å²) in [4.78, 5) is 17.6. The zero-order valence-electron chi connectivity index (χ0n) is 9.66. The van der Waals surface area contributed by atoms with Gasteiger partial charge in [-0.05, 0) is 0 Å². The second-order valence-electron chi connectivity index (χ2n) is 4.62. The lowest BCUT2D eigenvalue weighted by atomic mass is 9.91. The van der Waals surface area contributed by atoms with Gasteiger partial charge >= 0.3 is 5.97 Å². The van der Waals surface area contributed by atoms with Gasteiger partial charge in [-0.1, -0.05) is 32.1 Å². The Labute approximate surface area is 93.6 Å². The van der Waals surface area contributed by atoms with E-state index in [0.717, 1.165) is 5.13 Å². The van der Waals surface area contributed by atoms with Gasteiger partial charge in [-0.15, -0.1) is 0 Å². The van der Waals surface area contributed by atoms with Gasteiger partial charge in [-0.2, -0.15) is 0 Å². The molecule has 0 fully saturated rings. The van der Waals surface area contributed by atoms with Crippen LogP contribution in [-0.2, 0) is 5.41 Å². The molecule has 1 aromatic rings. The van der Waals surface area contributed by atoms with E-state index in [1.807, 2.05) is 39.8 Å². The summed E-state index contributed by atoms with van der Waals surface area (Å²) in [5.41, 5.74) is 0.419. The number of hydrogen-bond acceptors (Lipinski definition) is 4. The number of thiazole rings is 1. The molecule has 0 aliphatic heterocycles. The summed E-state index contributed by atoms with van der Waals surface area (Å²) in [6.07, 6.45) is 0. The van der Waals surface area contributed by atoms with Crippen molar-refractivity contribution in [1.29, 1.82) is 0 Å². The smallest absolute Gasteiger partial charge is 0.347 e. The molecule has 0 radical (unpaired) electrons. The van der Waals surface area contributed by atoms with E-state index in [-0.39, 0.29) is 5.41 Å². The zero-order valence-corrected chi connectivity index (χ0v) is 10.5. The van der Waals surface area contributed by atoms with Crippen molar-refractivity contribution in [2.45, 2.75) is 26.2 Å². The third kappa shape index (κ3) is 2.47. The van der Waals surface area contributed by atoms with Gasteiger partial charge in [-0.3, -0.25) is 0 Å². The number of hydrogen-bond donors (Lipinski definition) is 1. The van der Waals surface area contributed by atoms with Crippen LogP contribution in [0.2, 0.25) is 0 Å². The van der Waals surface area contributed by atoms with E-state index in [4.69, 9.17) is 5.11 Å². The number of anilines is 1. The maximum absolute atomic E-state index is 11.1. The topological polar surface area (TPSA) is 53.4 Å². The number of carboxylic acids is 1. The molecule has 0 atom stereocenters. The molecule has 0 aromatic carbocycles. The Kier molecular flexibility index (Phi) is 3.04. The van der Waals surface area contributed by atoms with Crippen molar-refractivity contribution in [2.24, 2.45) is 0 Å². The van der Waals surface area contributed by atoms with Crippen molar-refractivity contribution >= 4 is 22.4 Å². The third-order valence-electron chi connectivity index (χ3n) is 1.90. The highest BCUT2D eigenvalue weighted by Gasteiger charge is 2.27. The van der Waals surface area contributed by atoms with Gasteiger partial charge in [0.15, 0.2) is 5.13 Å². The van der Waals surface area contributed by atoms with Gasteiger partial charge < -0.3 is 10.0 Å². The first-order valence-corrected chi connectivity index (χ1v) is 5.47. The molecular weight excluding hydrogens is 212 g/mol. The second-order valence-corrected chi connectivity index (χ2v) is 5.60. The van der Waals surface area contributed by atoms with Gasteiger partial charge in [0.05, 0.1) is 5.69 Å². The van der Waals surface area contributed by atoms with Crippen LogP contribution in [0.4, 0.5) is 5.13 Å². The molecule has 4 nitrogen and oxygen atoms in total. The fraction of sp³-hybridized carbons (Fsp3) is 0.600. The number of nitrogens with zero attached hydrogens (tertiary/aromatic N) is 2. The number of carbonyl (C=O) groups is 1. The van der Waals surface area contributed by atoms with Crippen molar-refractivity contribution in [3.8, 4) is 0 Å². The fourth-order valence-corrected chi connectivity index (χ4v) is 2.19. The van der Waals surface area contributed by atoms with E-state index in [2.05, 4.69) is 4.98 Å². The first kappa shape index (κ1) is 12.0. The minimum Gasteiger partial charge on any atom is -0.477 e. The molecule has 1 N–H and O–H groups in total. The first-order chi connectivity index (χ1) is 6.73. The molecule has 0 spiro atoms. The highest BCUT2D eigenvalue weighted by atomic mass is 32.1. The predicted molar refractivity (Wildman–Crippen MR) is 62.1 cm³/mol. The van der Waals surface area contributed by atoms with Crippen molar-refractivity contribution in [3.05, 3.63) is 10.6 Å². The minimum atomic E-state index is -0.898. The minimum absolute atomic E-state index is 0.238. The van der Waals surface area contributed by atoms with Gasteiger partial charge in [0.2, 0.25) is 0 Å². The summed E-state index contributed by atoms with van der Waals surface area (Å²) < 4.78 is 0. The lowest BCUT2D eigenvalue weighted by molar-refractivity contribution is 0.0699. The van der Waals surface area contributed by atoms with E-state index in [1.165, 1.54) is 11.3 Å². The average molecular weight is 228 g/mol. The van der Waals surface area contributed by atoms with E-state index in [1.54, 1.807) is 0 Å². The standard InChI is InChI=1S/C10H16N2O2S/c1-10(2,3)7-6(8(13)14)15-9(11-7)12(4)5/h1-5H3,(H,13,14). The Morgan fingerprint density at radius 2 is 1.93 bits per heavy atom. The van der Waals surface area contributed by atoms with Crippen molar-refractivity contribution < 1.29 is 9.90 Å². The molecular formula is C10H16N2O2S. The molecule has 0 saturated heterocycles. The molecule has 1 rings (SSSR count). The molecule has 1 heterocycles. The van der Waals surface area contributed by atoms with Crippen molar-refractivity contribution in [3.63, 3.8) is 0 Å². The molecule has 5 heteroatoms. The van der Waals surface area contributed by atoms with E-state index < -0.39 is 5.97 Å². The van der Waals surface area contributed by atoms with Crippen LogP contribution in [0.1, 0.15) is 36.1 Å². The quantitative estimate of drug-likeness (QED) is 0.843. The highest BCUT2D eigenvalue weighted by Crippen LogP contribution is 2.32. The molecule has 0 aliphatic carbocycles. The maximum Gasteiger partial charge on any atom is 0.347 e. The first-order valence-electron chi connectivity index (χ1n) is 4.65. The Morgan fingerprint density at radius 3 is 2.20 bits per heavy atom. The molecule has 0 amide bonds. The molecule has 0 aliphatic rings. The van der Waals surface area contributed by atoms with Crippen molar-refractivity contribution in [2.75, 3.05) is 19.0 Å². The Balaban J connectivity index is 3.30. The molecule has 15 heavy (non-hydrogen) atoms. The monoisotopic (exact) mass is 228 g/mol. The Bertz CT molecular complexity index is 377. The third-order valence-corrected chi connectivity index (χ3v) is 3.11. The van der Waals surface area contributed by atoms with Crippen molar-refractivity contribution in [1.82, 2.24) is 4.98 Å². The van der Waals surface area contributed by atoms with Crippen LogP contribution in [0.5, 0.6) is 0 Å². The maximum atomic E-state index is 11.1. The molecule has 0 unspecified atom stereocenters. The van der Waals surface area contributed by atoms with Crippen LogP contribution < -0.4 is 4.90 Å². The number of carboxylic acid groups (broad SMARTS) is 1. The van der Waals surface area contributed by atoms with Crippen LogP contribution in [0.3, 0.4) is 0 Å². The molecule has 0 saturated carbocycles. The normalized spacial score (nSPS) is 11.5. The SMILES string of the molecule is CN(C)c1nc(C(C)(C)C)c(C(=O)O)s1. The fourth-order valence-electron chi connectivity index (χ4n) is 1.15. The zero-order chi connectivity index (χ0) is 11.8. The summed E-state index contributed by atoms with van der Waals surface area (Å²) in [5, 5.41) is 9.81. The number of aromatic nitrogens is 1. The molecule has 84 valence electrons. The summed E-state index contributed by atoms with van der Waals surface area (Å²) in [7, 11) is 3.72. The van der Waals surface area contributed by atoms with Crippen LogP contribution in [0.25, 0.3) is 0 Å². The lowest BCUT2D eigenvalue weighted by Gasteiger charge is -2.16. The van der Waals surface area contributed by atoms with Crippen LogP contribution in [0.15, 0.2) is 0 Å². The Morgan fingerprint density at radius 1 is 1.40 bits per heavy atom. The van der Waals surface area contributed by atoms with E-state index >= 15 is 0 Å².